The van der Waals surface area contributed by atoms with Crippen molar-refractivity contribution in [2.75, 3.05) is 11.1 Å². The average Bonchev–Trinajstić information content (AvgIpc) is 2.74. The largest absolute Gasteiger partial charge is 0.324 e. The fraction of sp³-hybridized carbons (Fsp3) is 0.0870. The van der Waals surface area contributed by atoms with E-state index >= 15 is 0 Å². The van der Waals surface area contributed by atoms with Crippen molar-refractivity contribution in [3.63, 3.8) is 0 Å². The van der Waals surface area contributed by atoms with Crippen LogP contribution in [0.25, 0.3) is 10.9 Å². The number of nitrogens with one attached hydrogen (secondary N) is 1. The molecule has 1 N–H and O–H groups in total. The van der Waals surface area contributed by atoms with Gasteiger partial charge in [0.05, 0.1) is 17.0 Å². The summed E-state index contributed by atoms with van der Waals surface area (Å²) in [5, 5.41) is 4.84. The van der Waals surface area contributed by atoms with Crippen LogP contribution in [0.5, 0.6) is 0 Å². The third-order valence-electron chi connectivity index (χ3n) is 4.15. The molecule has 0 unspecified atom stereocenters. The van der Waals surface area contributed by atoms with Crippen LogP contribution in [-0.2, 0) is 4.79 Å². The molecule has 0 atom stereocenters. The minimum atomic E-state index is -0.0588. The molecule has 1 aromatic heterocycles. The van der Waals surface area contributed by atoms with E-state index in [1.165, 1.54) is 11.8 Å². The van der Waals surface area contributed by atoms with E-state index in [1.807, 2.05) is 73.7 Å². The second-order valence-electron chi connectivity index (χ2n) is 6.34. The number of hydrogen-bond donors (Lipinski definition) is 1. The smallest absolute Gasteiger partial charge is 0.234 e. The van der Waals surface area contributed by atoms with Gasteiger partial charge in [-0.05, 0) is 37.3 Å². The van der Waals surface area contributed by atoms with E-state index < -0.39 is 0 Å². The molecule has 0 aliphatic rings. The first-order valence-corrected chi connectivity index (χ1v) is 11.0. The van der Waals surface area contributed by atoms with Crippen molar-refractivity contribution in [1.82, 2.24) is 9.97 Å². The molecular formula is C23H19N3OS2. The standard InChI is InChI=1S/C23H19N3OS2/c1-16-24-19-12-6-5-11-18(19)23(25-16)28-15-22(27)26-20-13-7-8-14-21(20)29-17-9-3-2-4-10-17/h2-14H,15H2,1H3,(H,26,27). The monoisotopic (exact) mass is 417 g/mol. The Morgan fingerprint density at radius 2 is 1.62 bits per heavy atom. The molecule has 0 fully saturated rings. The van der Waals surface area contributed by atoms with Gasteiger partial charge >= 0.3 is 0 Å². The first-order valence-electron chi connectivity index (χ1n) is 9.17. The van der Waals surface area contributed by atoms with Crippen molar-refractivity contribution in [3.05, 3.63) is 84.7 Å². The molecule has 144 valence electrons. The number of rotatable bonds is 6. The van der Waals surface area contributed by atoms with Crippen LogP contribution in [0.4, 0.5) is 5.69 Å². The molecule has 6 heteroatoms. The number of anilines is 1. The number of carbonyl (C=O) groups excluding carboxylic acids is 1. The maximum Gasteiger partial charge on any atom is 0.234 e. The molecule has 1 amide bonds. The van der Waals surface area contributed by atoms with Crippen molar-refractivity contribution >= 4 is 46.0 Å². The van der Waals surface area contributed by atoms with Crippen molar-refractivity contribution < 1.29 is 4.79 Å². The summed E-state index contributed by atoms with van der Waals surface area (Å²) in [7, 11) is 0. The van der Waals surface area contributed by atoms with Gasteiger partial charge in [0.25, 0.3) is 0 Å². The minimum Gasteiger partial charge on any atom is -0.324 e. The van der Waals surface area contributed by atoms with Crippen molar-refractivity contribution in [2.24, 2.45) is 0 Å². The zero-order chi connectivity index (χ0) is 20.1. The summed E-state index contributed by atoms with van der Waals surface area (Å²) in [6, 6.07) is 25.8. The molecule has 4 rings (SSSR count). The number of amides is 1. The summed E-state index contributed by atoms with van der Waals surface area (Å²) >= 11 is 3.06. The van der Waals surface area contributed by atoms with Gasteiger partial charge in [-0.25, -0.2) is 9.97 Å². The van der Waals surface area contributed by atoms with Gasteiger partial charge in [0.1, 0.15) is 10.9 Å². The quantitative estimate of drug-likeness (QED) is 0.316. The predicted octanol–water partition coefficient (Wildman–Crippen LogP) is 5.82. The normalized spacial score (nSPS) is 10.8. The zero-order valence-corrected chi connectivity index (χ0v) is 17.5. The number of aryl methyl sites for hydroxylation is 1. The van der Waals surface area contributed by atoms with Crippen LogP contribution in [0.1, 0.15) is 5.82 Å². The highest BCUT2D eigenvalue weighted by molar-refractivity contribution is 8.00. The molecule has 0 saturated carbocycles. The molecule has 3 aromatic carbocycles. The summed E-state index contributed by atoms with van der Waals surface area (Å²) in [4.78, 5) is 23.7. The first kappa shape index (κ1) is 19.5. The Balaban J connectivity index is 1.46. The van der Waals surface area contributed by atoms with Gasteiger partial charge < -0.3 is 5.32 Å². The zero-order valence-electron chi connectivity index (χ0n) is 15.8. The van der Waals surface area contributed by atoms with Gasteiger partial charge in [-0.15, -0.1) is 0 Å². The van der Waals surface area contributed by atoms with E-state index in [2.05, 4.69) is 27.4 Å². The first-order chi connectivity index (χ1) is 14.2. The number of hydrogen-bond acceptors (Lipinski definition) is 5. The molecule has 0 aliphatic carbocycles. The Morgan fingerprint density at radius 1 is 0.897 bits per heavy atom. The van der Waals surface area contributed by atoms with Crippen LogP contribution in [-0.4, -0.2) is 21.6 Å². The van der Waals surface area contributed by atoms with Crippen molar-refractivity contribution in [3.8, 4) is 0 Å². The number of carbonyl (C=O) groups is 1. The number of para-hydroxylation sites is 2. The van der Waals surface area contributed by atoms with Crippen LogP contribution in [0.2, 0.25) is 0 Å². The Labute approximate surface area is 178 Å². The van der Waals surface area contributed by atoms with Gasteiger partial charge in [0, 0.05) is 15.2 Å². The van der Waals surface area contributed by atoms with E-state index in [-0.39, 0.29) is 11.7 Å². The van der Waals surface area contributed by atoms with E-state index in [0.717, 1.165) is 31.4 Å². The molecular weight excluding hydrogens is 398 g/mol. The summed E-state index contributed by atoms with van der Waals surface area (Å²) in [5.74, 6) is 0.929. The second-order valence-corrected chi connectivity index (χ2v) is 8.42. The summed E-state index contributed by atoms with van der Waals surface area (Å²) in [6.45, 7) is 1.87. The molecule has 29 heavy (non-hydrogen) atoms. The molecule has 4 nitrogen and oxygen atoms in total. The van der Waals surface area contributed by atoms with E-state index in [1.54, 1.807) is 11.8 Å². The summed E-state index contributed by atoms with van der Waals surface area (Å²) in [6.07, 6.45) is 0. The Bertz CT molecular complexity index is 1150. The Morgan fingerprint density at radius 3 is 2.48 bits per heavy atom. The molecule has 0 spiro atoms. The molecule has 0 saturated heterocycles. The maximum atomic E-state index is 12.6. The number of aromatic nitrogens is 2. The highest BCUT2D eigenvalue weighted by Gasteiger charge is 2.11. The van der Waals surface area contributed by atoms with Gasteiger partial charge in [0.2, 0.25) is 5.91 Å². The molecule has 0 bridgehead atoms. The summed E-state index contributed by atoms with van der Waals surface area (Å²) in [5.41, 5.74) is 1.71. The number of benzene rings is 3. The van der Waals surface area contributed by atoms with Gasteiger partial charge in [-0.3, -0.25) is 4.79 Å². The summed E-state index contributed by atoms with van der Waals surface area (Å²) < 4.78 is 0. The van der Waals surface area contributed by atoms with Crippen LogP contribution >= 0.6 is 23.5 Å². The predicted molar refractivity (Wildman–Crippen MR) is 121 cm³/mol. The highest BCUT2D eigenvalue weighted by Crippen LogP contribution is 2.33. The molecule has 0 aliphatic heterocycles. The van der Waals surface area contributed by atoms with Crippen LogP contribution in [0.15, 0.2) is 93.7 Å². The molecule has 4 aromatic rings. The SMILES string of the molecule is Cc1nc(SCC(=O)Nc2ccccc2Sc2ccccc2)c2ccccc2n1. The number of fused-ring (bicyclic) bond motifs is 1. The maximum absolute atomic E-state index is 12.6. The fourth-order valence-electron chi connectivity index (χ4n) is 2.86. The van der Waals surface area contributed by atoms with E-state index in [9.17, 15) is 4.79 Å². The van der Waals surface area contributed by atoms with Gasteiger partial charge in [0.15, 0.2) is 0 Å². The highest BCUT2D eigenvalue weighted by atomic mass is 32.2. The van der Waals surface area contributed by atoms with E-state index in [0.29, 0.717) is 5.82 Å². The number of nitrogens with zero attached hydrogens (tertiary/aromatic N) is 2. The lowest BCUT2D eigenvalue weighted by atomic mass is 10.2. The fourth-order valence-corrected chi connectivity index (χ4v) is 4.65. The van der Waals surface area contributed by atoms with Crippen molar-refractivity contribution in [1.29, 1.82) is 0 Å². The third-order valence-corrected chi connectivity index (χ3v) is 6.23. The minimum absolute atomic E-state index is 0.0588. The average molecular weight is 418 g/mol. The van der Waals surface area contributed by atoms with Crippen LogP contribution < -0.4 is 5.32 Å². The molecule has 1 heterocycles. The van der Waals surface area contributed by atoms with Gasteiger partial charge in [-0.2, -0.15) is 0 Å². The lowest BCUT2D eigenvalue weighted by Gasteiger charge is -2.11. The number of thioether (sulfide) groups is 1. The van der Waals surface area contributed by atoms with Crippen LogP contribution in [0.3, 0.4) is 0 Å². The van der Waals surface area contributed by atoms with Crippen molar-refractivity contribution in [2.45, 2.75) is 21.7 Å². The van der Waals surface area contributed by atoms with Gasteiger partial charge in [-0.1, -0.05) is 72.1 Å². The topological polar surface area (TPSA) is 54.9 Å². The van der Waals surface area contributed by atoms with Crippen LogP contribution in [0, 0.1) is 6.92 Å². The third kappa shape index (κ3) is 4.96. The Kier molecular flexibility index (Phi) is 6.12. The van der Waals surface area contributed by atoms with E-state index in [4.69, 9.17) is 0 Å². The lowest BCUT2D eigenvalue weighted by Crippen LogP contribution is -2.14. The lowest BCUT2D eigenvalue weighted by molar-refractivity contribution is -0.113. The Hall–Kier alpha value is -2.83. The second kappa shape index (κ2) is 9.11. The molecule has 0 radical (unpaired) electrons.